The molecule has 0 aliphatic rings. The molecule has 0 unspecified atom stereocenters. The minimum atomic E-state index is 0.245. The van der Waals surface area contributed by atoms with Crippen LogP contribution in [-0.2, 0) is 0 Å². The fourth-order valence-electron chi connectivity index (χ4n) is 1.77. The summed E-state index contributed by atoms with van der Waals surface area (Å²) in [4.78, 5) is 7.03. The Hall–Kier alpha value is -3.47. The Labute approximate surface area is 119 Å². The minimum Gasteiger partial charge on any atom is -0.360 e. The van der Waals surface area contributed by atoms with E-state index in [2.05, 4.69) is 35.9 Å². The highest BCUT2D eigenvalue weighted by atomic mass is 15.5. The molecule has 102 valence electrons. The Morgan fingerprint density at radius 2 is 2.33 bits per heavy atom. The van der Waals surface area contributed by atoms with E-state index in [0.29, 0.717) is 0 Å². The van der Waals surface area contributed by atoms with Gasteiger partial charge in [0.25, 0.3) is 0 Å². The number of hydrogen-bond acceptors (Lipinski definition) is 6. The summed E-state index contributed by atoms with van der Waals surface area (Å²) in [5.74, 6) is 0.245. The van der Waals surface area contributed by atoms with Gasteiger partial charge >= 0.3 is 0 Å². The van der Waals surface area contributed by atoms with E-state index >= 15 is 0 Å². The Balaban J connectivity index is 1.82. The van der Waals surface area contributed by atoms with Crippen LogP contribution in [0.5, 0.6) is 0 Å². The molecule has 3 rings (SSSR count). The first-order valence-corrected chi connectivity index (χ1v) is 6.06. The van der Waals surface area contributed by atoms with E-state index < -0.39 is 0 Å². The van der Waals surface area contributed by atoms with Crippen LogP contribution in [0.1, 0.15) is 5.82 Å². The molecule has 0 aliphatic carbocycles. The normalized spacial score (nSPS) is 11.1. The number of nitrogens with one attached hydrogen (secondary N) is 3. The topological polar surface area (TPSA) is 119 Å². The molecule has 0 atom stereocenters. The van der Waals surface area contributed by atoms with E-state index in [1.807, 2.05) is 30.3 Å². The number of rotatable bonds is 4. The Morgan fingerprint density at radius 3 is 3.05 bits per heavy atom. The zero-order chi connectivity index (χ0) is 14.5. The van der Waals surface area contributed by atoms with E-state index in [-0.39, 0.29) is 11.4 Å². The number of nitrogens with zero attached hydrogens (tertiary/aromatic N) is 5. The van der Waals surface area contributed by atoms with Crippen LogP contribution in [0, 0.1) is 11.3 Å². The van der Waals surface area contributed by atoms with Gasteiger partial charge in [-0.2, -0.15) is 10.5 Å². The third-order valence-corrected chi connectivity index (χ3v) is 2.76. The van der Waals surface area contributed by atoms with Gasteiger partial charge in [-0.15, -0.1) is 10.2 Å². The number of aromatic amines is 2. The monoisotopic (exact) mass is 278 g/mol. The average Bonchev–Trinajstić information content (AvgIpc) is 3.22. The fourth-order valence-corrected chi connectivity index (χ4v) is 1.77. The van der Waals surface area contributed by atoms with Crippen LogP contribution in [0.25, 0.3) is 16.8 Å². The zero-order valence-electron chi connectivity index (χ0n) is 10.8. The van der Waals surface area contributed by atoms with E-state index in [9.17, 15) is 0 Å². The molecule has 0 radical (unpaired) electrons. The van der Waals surface area contributed by atoms with Gasteiger partial charge in [-0.1, -0.05) is 12.1 Å². The van der Waals surface area contributed by atoms with Gasteiger partial charge in [0, 0.05) is 17.5 Å². The van der Waals surface area contributed by atoms with Gasteiger partial charge in [0.2, 0.25) is 5.82 Å². The largest absolute Gasteiger partial charge is 0.360 e. The lowest BCUT2D eigenvalue weighted by Crippen LogP contribution is -1.93. The third-order valence-electron chi connectivity index (χ3n) is 2.76. The second-order valence-corrected chi connectivity index (χ2v) is 4.10. The first-order chi connectivity index (χ1) is 10.4. The molecular formula is C13H10N8. The van der Waals surface area contributed by atoms with E-state index in [4.69, 9.17) is 5.26 Å². The molecule has 0 aliphatic heterocycles. The second kappa shape index (κ2) is 5.66. The highest BCUT2D eigenvalue weighted by Gasteiger charge is 2.05. The highest BCUT2D eigenvalue weighted by molar-refractivity contribution is 5.74. The maximum atomic E-state index is 9.09. The first-order valence-electron chi connectivity index (χ1n) is 6.06. The standard InChI is InChI=1S/C13H10N8/c14-5-10(13-18-20-21-19-13)6-16-11-3-1-2-9(4-11)12-7-15-8-17-12/h1-4,6-8,16H,(H,15,17)(H,18,19,20,21). The molecule has 0 saturated heterocycles. The Morgan fingerprint density at radius 1 is 1.38 bits per heavy atom. The lowest BCUT2D eigenvalue weighted by molar-refractivity contribution is 0.881. The Bertz CT molecular complexity index is 780. The smallest absolute Gasteiger partial charge is 0.216 e. The molecule has 0 saturated carbocycles. The predicted octanol–water partition coefficient (Wildman–Crippen LogP) is 1.57. The van der Waals surface area contributed by atoms with Crippen molar-refractivity contribution in [2.75, 3.05) is 5.32 Å². The van der Waals surface area contributed by atoms with Gasteiger partial charge in [0.15, 0.2) is 0 Å². The van der Waals surface area contributed by atoms with E-state index in [1.165, 1.54) is 6.20 Å². The van der Waals surface area contributed by atoms with Crippen LogP contribution in [0.15, 0.2) is 43.0 Å². The molecule has 3 N–H and O–H groups in total. The van der Waals surface area contributed by atoms with E-state index in [1.54, 1.807) is 12.5 Å². The van der Waals surface area contributed by atoms with Crippen molar-refractivity contribution >= 4 is 11.3 Å². The lowest BCUT2D eigenvalue weighted by atomic mass is 10.1. The maximum absolute atomic E-state index is 9.09. The number of allylic oxidation sites excluding steroid dienone is 1. The summed E-state index contributed by atoms with van der Waals surface area (Å²) < 4.78 is 0. The van der Waals surface area contributed by atoms with Crippen molar-refractivity contribution in [3.63, 3.8) is 0 Å². The summed E-state index contributed by atoms with van der Waals surface area (Å²) in [5.41, 5.74) is 3.03. The third kappa shape index (κ3) is 2.76. The molecule has 0 bridgehead atoms. The number of benzene rings is 1. The van der Waals surface area contributed by atoms with Gasteiger partial charge in [0.05, 0.1) is 18.2 Å². The van der Waals surface area contributed by atoms with Crippen LogP contribution in [0.4, 0.5) is 5.69 Å². The minimum absolute atomic E-state index is 0.245. The number of tetrazole rings is 1. The quantitative estimate of drug-likeness (QED) is 0.623. The number of nitriles is 1. The van der Waals surface area contributed by atoms with Crippen LogP contribution in [0.2, 0.25) is 0 Å². The van der Waals surface area contributed by atoms with Crippen molar-refractivity contribution < 1.29 is 0 Å². The van der Waals surface area contributed by atoms with Gasteiger partial charge in [-0.05, 0) is 17.3 Å². The molecule has 2 aromatic heterocycles. The predicted molar refractivity (Wildman–Crippen MR) is 75.4 cm³/mol. The lowest BCUT2D eigenvalue weighted by Gasteiger charge is -2.03. The van der Waals surface area contributed by atoms with Gasteiger partial charge < -0.3 is 10.3 Å². The van der Waals surface area contributed by atoms with Gasteiger partial charge in [0.1, 0.15) is 11.6 Å². The summed E-state index contributed by atoms with van der Waals surface area (Å²) in [7, 11) is 0. The second-order valence-electron chi connectivity index (χ2n) is 4.10. The molecule has 0 amide bonds. The van der Waals surface area contributed by atoms with Crippen LogP contribution in [-0.4, -0.2) is 30.6 Å². The average molecular weight is 278 g/mol. The number of hydrogen-bond donors (Lipinski definition) is 3. The highest BCUT2D eigenvalue weighted by Crippen LogP contribution is 2.20. The van der Waals surface area contributed by atoms with Crippen LogP contribution >= 0.6 is 0 Å². The van der Waals surface area contributed by atoms with Crippen molar-refractivity contribution in [3.8, 4) is 17.3 Å². The number of H-pyrrole nitrogens is 2. The van der Waals surface area contributed by atoms with Crippen molar-refractivity contribution in [2.45, 2.75) is 0 Å². The first kappa shape index (κ1) is 12.6. The van der Waals surface area contributed by atoms with Crippen LogP contribution in [0.3, 0.4) is 0 Å². The molecule has 21 heavy (non-hydrogen) atoms. The summed E-state index contributed by atoms with van der Waals surface area (Å²) in [5, 5.41) is 25.4. The van der Waals surface area contributed by atoms with Crippen molar-refractivity contribution in [1.29, 1.82) is 5.26 Å². The van der Waals surface area contributed by atoms with Crippen molar-refractivity contribution in [3.05, 3.63) is 48.8 Å². The number of imidazole rings is 1. The molecule has 0 fully saturated rings. The van der Waals surface area contributed by atoms with Crippen LogP contribution < -0.4 is 5.32 Å². The van der Waals surface area contributed by atoms with Gasteiger partial charge in [-0.25, -0.2) is 4.98 Å². The summed E-state index contributed by atoms with van der Waals surface area (Å²) in [6.45, 7) is 0. The molecule has 2 heterocycles. The molecule has 0 spiro atoms. The molecular weight excluding hydrogens is 268 g/mol. The Kier molecular flexibility index (Phi) is 3.39. The van der Waals surface area contributed by atoms with Crippen molar-refractivity contribution in [2.24, 2.45) is 0 Å². The molecule has 3 aromatic rings. The maximum Gasteiger partial charge on any atom is 0.216 e. The molecule has 8 heteroatoms. The molecule has 8 nitrogen and oxygen atoms in total. The van der Waals surface area contributed by atoms with Gasteiger partial charge in [-0.3, -0.25) is 0 Å². The number of aromatic nitrogens is 6. The number of anilines is 1. The summed E-state index contributed by atoms with van der Waals surface area (Å²) in [6, 6.07) is 9.72. The summed E-state index contributed by atoms with van der Waals surface area (Å²) in [6.07, 6.45) is 4.91. The van der Waals surface area contributed by atoms with E-state index in [0.717, 1.165) is 16.9 Å². The SMILES string of the molecule is N#CC(=CNc1cccc(-c2cnc[nH]2)c1)c1nn[nH]n1. The van der Waals surface area contributed by atoms with Crippen molar-refractivity contribution in [1.82, 2.24) is 30.6 Å². The summed E-state index contributed by atoms with van der Waals surface area (Å²) >= 11 is 0. The zero-order valence-corrected chi connectivity index (χ0v) is 10.8. The molecule has 1 aromatic carbocycles. The fraction of sp³-hybridized carbons (Fsp3) is 0.